The first-order valence-corrected chi connectivity index (χ1v) is 27.0. The highest BCUT2D eigenvalue weighted by molar-refractivity contribution is 6.37. The lowest BCUT2D eigenvalue weighted by Crippen LogP contribution is -2.25. The zero-order chi connectivity index (χ0) is 46.8. The lowest BCUT2D eigenvalue weighted by atomic mass is 9.67. The fourth-order valence-electron chi connectivity index (χ4n) is 18.1. The molecule has 4 heteroatoms. The van der Waals surface area contributed by atoms with Crippen molar-refractivity contribution in [3.8, 4) is 6.07 Å². The molecular weight excluding hydrogens is 849 g/mol. The minimum atomic E-state index is 0.0114. The third-order valence-electron chi connectivity index (χ3n) is 20.5. The van der Waals surface area contributed by atoms with E-state index in [1.165, 1.54) is 195 Å². The van der Waals surface area contributed by atoms with Gasteiger partial charge in [-0.3, -0.25) is 0 Å². The summed E-state index contributed by atoms with van der Waals surface area (Å²) in [4.78, 5) is 4.47. The van der Waals surface area contributed by atoms with Gasteiger partial charge in [0, 0.05) is 48.6 Å². The van der Waals surface area contributed by atoms with Crippen LogP contribution in [0.15, 0.2) is 72.8 Å². The molecule has 4 unspecified atom stereocenters. The van der Waals surface area contributed by atoms with Crippen molar-refractivity contribution in [1.82, 2.24) is 8.80 Å². The molecule has 0 radical (unpaired) electrons. The van der Waals surface area contributed by atoms with E-state index in [2.05, 4.69) is 134 Å². The van der Waals surface area contributed by atoms with Crippen molar-refractivity contribution in [1.29, 1.82) is 5.26 Å². The molecule has 342 valence electrons. The van der Waals surface area contributed by atoms with Gasteiger partial charge >= 0.3 is 0 Å². The number of hydrogen-bond acceptors (Lipinski definition) is 1. The van der Waals surface area contributed by atoms with Gasteiger partial charge in [-0.15, -0.1) is 0 Å². The molecule has 8 bridgehead atoms. The average molecular weight is 907 g/mol. The number of fused-ring (bicyclic) bond motifs is 16. The molecule has 11 aromatic rings. The summed E-state index contributed by atoms with van der Waals surface area (Å²) < 4.78 is 5.25. The van der Waals surface area contributed by atoms with Crippen LogP contribution in [0.2, 0.25) is 0 Å². The Hall–Kier alpha value is -6.36. The number of rotatable bonds is 0. The van der Waals surface area contributed by atoms with Gasteiger partial charge < -0.3 is 8.80 Å². The largest absolute Gasteiger partial charge is 0.309 e. The zero-order valence-corrected chi connectivity index (χ0v) is 41.4. The van der Waals surface area contributed by atoms with Gasteiger partial charge in [0.15, 0.2) is 5.69 Å². The van der Waals surface area contributed by atoms with E-state index >= 15 is 0 Å². The molecule has 7 aromatic carbocycles. The van der Waals surface area contributed by atoms with Crippen LogP contribution in [0.4, 0.5) is 5.69 Å². The number of aromatic nitrogens is 2. The quantitative estimate of drug-likeness (QED) is 0.140. The molecule has 19 rings (SSSR count). The monoisotopic (exact) mass is 906 g/mol. The maximum Gasteiger partial charge on any atom is 0.193 e. The first-order chi connectivity index (χ1) is 33.8. The summed E-state index contributed by atoms with van der Waals surface area (Å²) in [6.07, 6.45) is 12.8. The van der Waals surface area contributed by atoms with Gasteiger partial charge in [-0.2, -0.15) is 5.26 Å². The molecule has 0 saturated heterocycles. The Morgan fingerprint density at radius 3 is 1.33 bits per heavy atom. The molecule has 0 aliphatic heterocycles. The van der Waals surface area contributed by atoms with Gasteiger partial charge in [-0.25, -0.2) is 4.85 Å². The van der Waals surface area contributed by atoms with E-state index in [0.717, 1.165) is 34.9 Å². The van der Waals surface area contributed by atoms with Crippen LogP contribution in [-0.4, -0.2) is 8.80 Å². The Labute approximate surface area is 408 Å². The van der Waals surface area contributed by atoms with Crippen LogP contribution in [0.3, 0.4) is 0 Å². The van der Waals surface area contributed by atoms with Crippen molar-refractivity contribution in [3.05, 3.63) is 123 Å². The Morgan fingerprint density at radius 2 is 0.886 bits per heavy atom. The number of hydrogen-bond donors (Lipinski definition) is 0. The van der Waals surface area contributed by atoms with E-state index in [1.54, 1.807) is 0 Å². The van der Waals surface area contributed by atoms with Crippen LogP contribution in [0, 0.1) is 41.6 Å². The van der Waals surface area contributed by atoms with E-state index in [9.17, 15) is 5.26 Å². The Morgan fingerprint density at radius 1 is 0.457 bits per heavy atom. The van der Waals surface area contributed by atoms with Gasteiger partial charge in [-0.1, -0.05) is 77.9 Å². The first kappa shape index (κ1) is 39.4. The second-order valence-electron chi connectivity index (χ2n) is 26.3. The zero-order valence-electron chi connectivity index (χ0n) is 41.4. The Bertz CT molecular complexity index is 4040. The first-order valence-electron chi connectivity index (χ1n) is 27.0. The summed E-state index contributed by atoms with van der Waals surface area (Å²) in [6.45, 7) is 22.9. The molecule has 0 N–H and O–H groups in total. The van der Waals surface area contributed by atoms with Crippen molar-refractivity contribution >= 4 is 103 Å². The Kier molecular flexibility index (Phi) is 7.07. The highest BCUT2D eigenvalue weighted by atomic mass is 14.9. The molecule has 8 aliphatic rings. The molecule has 4 aromatic heterocycles. The van der Waals surface area contributed by atoms with Crippen molar-refractivity contribution < 1.29 is 0 Å². The van der Waals surface area contributed by atoms with Gasteiger partial charge in [0.25, 0.3) is 0 Å². The lowest BCUT2D eigenvalue weighted by molar-refractivity contribution is 0.166. The molecule has 4 atom stereocenters. The molecular formula is C66H58N4. The molecule has 0 spiro atoms. The molecule has 4 heterocycles. The van der Waals surface area contributed by atoms with Crippen LogP contribution in [0.1, 0.15) is 168 Å². The van der Waals surface area contributed by atoms with E-state index in [-0.39, 0.29) is 10.8 Å². The summed E-state index contributed by atoms with van der Waals surface area (Å²) in [5.41, 5.74) is 18.0. The van der Waals surface area contributed by atoms with Crippen molar-refractivity contribution in [2.75, 3.05) is 0 Å². The lowest BCUT2D eigenvalue weighted by Gasteiger charge is -2.38. The standard InChI is InChI=1S/C66H58N4/c1-65(2,3)42-8-10-44-35(22-42)24-48-61-53(26-41(30-67)55-37-14-31-12-32(15-37)19-39(18-31)57(55)61)69-51-27-47-52(28-46(51)59(44)63(48)69)70-54-29-50(68-7)56-38-16-33-13-34(17-38)21-40(20-33)58(56)62(54)49-25-36-23-43(66(4,5)6)9-11-45(36)60(47)64(49)70/h8-11,22-29,31-34,37-40H,12-21H2,1-6H3. The molecule has 4 nitrogen and oxygen atoms in total. The summed E-state index contributed by atoms with van der Waals surface area (Å²) in [6, 6.07) is 32.3. The van der Waals surface area contributed by atoms with Crippen molar-refractivity contribution in [2.24, 2.45) is 23.7 Å². The van der Waals surface area contributed by atoms with Crippen LogP contribution in [0.5, 0.6) is 0 Å². The molecule has 4 fully saturated rings. The van der Waals surface area contributed by atoms with E-state index in [1.807, 2.05) is 0 Å². The number of nitrogens with zero attached hydrogens (tertiary/aromatic N) is 4. The van der Waals surface area contributed by atoms with E-state index in [0.29, 0.717) is 23.7 Å². The minimum Gasteiger partial charge on any atom is -0.309 e. The molecule has 4 saturated carbocycles. The predicted octanol–water partition coefficient (Wildman–Crippen LogP) is 18.1. The fraction of sp³-hybridized carbons (Fsp3) is 0.394. The maximum atomic E-state index is 11.2. The second kappa shape index (κ2) is 12.6. The minimum absolute atomic E-state index is 0.0114. The Balaban J connectivity index is 1.09. The van der Waals surface area contributed by atoms with Gasteiger partial charge in [0.05, 0.1) is 45.8 Å². The predicted molar refractivity (Wildman–Crippen MR) is 290 cm³/mol. The SMILES string of the molecule is [C-]#[N+]c1cc2c(c3c1C1CC4CC(C1)CC3C4)c1cc3cc(C(C)(C)C)ccc3c3c4cc5c(cc4n2c13)c1c2ccc(C(C)(C)C)cc2cc2c3c4c(c(C#N)cc3n5c21)C1CC2CC(C1)CC4C2. The summed E-state index contributed by atoms with van der Waals surface area (Å²) in [5, 5.41) is 27.3. The second-order valence-corrected chi connectivity index (χ2v) is 26.3. The van der Waals surface area contributed by atoms with Gasteiger partial charge in [-0.05, 0) is 214 Å². The van der Waals surface area contributed by atoms with Crippen molar-refractivity contribution in [2.45, 2.75) is 140 Å². The highest BCUT2D eigenvalue weighted by Gasteiger charge is 2.46. The smallest absolute Gasteiger partial charge is 0.193 e. The van der Waals surface area contributed by atoms with E-state index < -0.39 is 0 Å². The normalized spacial score (nSPS) is 26.1. The third kappa shape index (κ3) is 4.70. The molecule has 8 aliphatic carbocycles. The number of nitriles is 1. The maximum absolute atomic E-state index is 11.2. The molecule has 70 heavy (non-hydrogen) atoms. The number of benzene rings is 7. The van der Waals surface area contributed by atoms with Crippen LogP contribution in [-0.2, 0) is 10.8 Å². The van der Waals surface area contributed by atoms with Gasteiger partial charge in [0.2, 0.25) is 0 Å². The van der Waals surface area contributed by atoms with Gasteiger partial charge in [0.1, 0.15) is 0 Å². The van der Waals surface area contributed by atoms with Crippen LogP contribution >= 0.6 is 0 Å². The summed E-state index contributed by atoms with van der Waals surface area (Å²) in [7, 11) is 0. The highest BCUT2D eigenvalue weighted by Crippen LogP contribution is 2.63. The summed E-state index contributed by atoms with van der Waals surface area (Å²) >= 11 is 0. The third-order valence-corrected chi connectivity index (χ3v) is 20.5. The topological polar surface area (TPSA) is 37.0 Å². The average Bonchev–Trinajstić information content (AvgIpc) is 3.97. The fourth-order valence-corrected chi connectivity index (χ4v) is 18.1. The van der Waals surface area contributed by atoms with Crippen LogP contribution in [0.25, 0.3) is 103 Å². The van der Waals surface area contributed by atoms with E-state index in [4.69, 9.17) is 6.57 Å². The van der Waals surface area contributed by atoms with Crippen LogP contribution < -0.4 is 0 Å². The summed E-state index contributed by atoms with van der Waals surface area (Å²) in [5.74, 6) is 5.06. The molecule has 0 amide bonds. The van der Waals surface area contributed by atoms with Crippen molar-refractivity contribution in [3.63, 3.8) is 0 Å².